The monoisotopic (exact) mass is 1350 g/mol. The maximum atomic E-state index is 14.1. The lowest BCUT2D eigenvalue weighted by atomic mass is 9.98. The number of aromatic nitrogens is 3. The highest BCUT2D eigenvalue weighted by Gasteiger charge is 2.29. The van der Waals surface area contributed by atoms with E-state index < -0.39 is 0 Å². The van der Waals surface area contributed by atoms with E-state index in [2.05, 4.69) is 15.0 Å². The van der Waals surface area contributed by atoms with E-state index in [1.54, 1.807) is 66.3 Å². The minimum absolute atomic E-state index is 0.0348. The molecule has 504 valence electrons. The number of allylic oxidation sites excluding steroid dienone is 9. The number of ether oxygens (including phenoxy) is 6. The van der Waals surface area contributed by atoms with E-state index in [0.29, 0.717) is 67.2 Å². The van der Waals surface area contributed by atoms with Gasteiger partial charge < -0.3 is 52.6 Å². The maximum absolute atomic E-state index is 14.1. The molecule has 21 heteroatoms. The van der Waals surface area contributed by atoms with Gasteiger partial charge in [-0.15, -0.1) is 11.3 Å². The van der Waals surface area contributed by atoms with E-state index in [0.717, 1.165) is 105 Å². The van der Waals surface area contributed by atoms with Crippen LogP contribution in [0.5, 0.6) is 51.7 Å². The van der Waals surface area contributed by atoms with Crippen molar-refractivity contribution < 1.29 is 80.1 Å². The Bertz CT molecular complexity index is 4420. The molecule has 0 aliphatic heterocycles. The summed E-state index contributed by atoms with van der Waals surface area (Å²) in [7, 11) is 8.83. The number of halogens is 3. The standard InChI is InChI=1S/C26H24FNO5.C26H24FNO4S.C25H22FNO5/c1-15-20(7-5-19(29)12-18-13-33-14-28-18)23-11-17(27)4-6-21(23)22(15)8-16-9-24(31-2)26(30)25(10-16)32-3;1-15-20(7-5-18(29)12-19-13-28-14-33-19)23-11-17(27)4-6-21(23)22(15)8-16-9-24(31-2)26(30)25(10-16)32-3;1-14-17(6-7-22(28)21-12-32-13-27-21)20-11-16(26)4-5-18(20)19(14)8-15-9-23(30-2)25(29)24(10-15)31-3/h2*4,6,8-11,13-14,30H,5,7,12H2,1-3H3;4-5,8-13,29H,6-7H2,1-3H3/b2*22-8-;19-8-. The lowest BCUT2D eigenvalue weighted by molar-refractivity contribution is -0.119. The molecular weight excluding hydrogens is 1280 g/mol. The van der Waals surface area contributed by atoms with Crippen LogP contribution in [0.4, 0.5) is 13.2 Å². The summed E-state index contributed by atoms with van der Waals surface area (Å²) in [6.45, 7) is 5.91. The molecule has 0 atom stereocenters. The van der Waals surface area contributed by atoms with Crippen LogP contribution in [0.25, 0.3) is 51.7 Å². The van der Waals surface area contributed by atoms with Crippen molar-refractivity contribution in [3.63, 3.8) is 0 Å². The van der Waals surface area contributed by atoms with Crippen molar-refractivity contribution in [2.75, 3.05) is 42.7 Å². The van der Waals surface area contributed by atoms with Gasteiger partial charge in [0.1, 0.15) is 47.2 Å². The van der Waals surface area contributed by atoms with Gasteiger partial charge in [-0.05, 0) is 231 Å². The smallest absolute Gasteiger partial charge is 0.200 e. The molecule has 17 nitrogen and oxygen atoms in total. The molecular formula is C77H70F3N3O14S. The summed E-state index contributed by atoms with van der Waals surface area (Å²) in [6.07, 6.45) is 15.8. The summed E-state index contributed by atoms with van der Waals surface area (Å²) < 4.78 is 83.7. The van der Waals surface area contributed by atoms with Crippen LogP contribution in [0.2, 0.25) is 0 Å². The summed E-state index contributed by atoms with van der Waals surface area (Å²) >= 11 is 1.47. The third-order valence-corrected chi connectivity index (χ3v) is 17.9. The zero-order chi connectivity index (χ0) is 69.9. The zero-order valence-corrected chi connectivity index (χ0v) is 56.0. The minimum Gasteiger partial charge on any atom is -0.502 e. The Morgan fingerprint density at radius 2 is 0.827 bits per heavy atom. The summed E-state index contributed by atoms with van der Waals surface area (Å²) in [5.74, 6) is 0.571. The molecule has 0 fully saturated rings. The quantitative estimate of drug-likeness (QED) is 0.0505. The summed E-state index contributed by atoms with van der Waals surface area (Å²) in [5.41, 5.74) is 18.4. The first-order chi connectivity index (χ1) is 47.2. The molecule has 6 aromatic carbocycles. The van der Waals surface area contributed by atoms with Crippen LogP contribution in [0, 0.1) is 17.5 Å². The van der Waals surface area contributed by atoms with Crippen LogP contribution < -0.4 is 28.4 Å². The molecule has 0 spiro atoms. The number of Topliss-reactive ketones (excluding diaryl/α,β-unsaturated/α-hetero) is 3. The number of benzene rings is 6. The molecule has 9 aromatic rings. The number of aromatic hydroxyl groups is 3. The largest absolute Gasteiger partial charge is 0.502 e. The molecule has 3 heterocycles. The topological polar surface area (TPSA) is 232 Å². The van der Waals surface area contributed by atoms with Crippen molar-refractivity contribution in [1.82, 2.24) is 15.0 Å². The normalized spacial score (nSPS) is 14.0. The molecule has 3 aliphatic carbocycles. The molecule has 12 rings (SSSR count). The third kappa shape index (κ3) is 15.5. The summed E-state index contributed by atoms with van der Waals surface area (Å²) in [5, 5.41) is 30.6. The third-order valence-electron chi connectivity index (χ3n) is 17.1. The zero-order valence-electron chi connectivity index (χ0n) is 55.2. The summed E-state index contributed by atoms with van der Waals surface area (Å²) in [4.78, 5) is 50.2. The van der Waals surface area contributed by atoms with E-state index in [4.69, 9.17) is 37.3 Å². The van der Waals surface area contributed by atoms with Crippen molar-refractivity contribution in [2.45, 2.75) is 72.1 Å². The predicted octanol–water partition coefficient (Wildman–Crippen LogP) is 16.9. The number of hydrogen-bond donors (Lipinski definition) is 3. The number of carbonyl (C=O) groups excluding carboxylic acids is 3. The van der Waals surface area contributed by atoms with E-state index in [1.807, 2.05) is 39.0 Å². The van der Waals surface area contributed by atoms with Gasteiger partial charge in [-0.25, -0.2) is 23.1 Å². The second-order valence-electron chi connectivity index (χ2n) is 23.1. The van der Waals surface area contributed by atoms with Gasteiger partial charge in [0.25, 0.3) is 0 Å². The van der Waals surface area contributed by atoms with Crippen molar-refractivity contribution in [3.8, 4) is 51.7 Å². The van der Waals surface area contributed by atoms with Crippen molar-refractivity contribution in [2.24, 2.45) is 0 Å². The fourth-order valence-electron chi connectivity index (χ4n) is 12.2. The fourth-order valence-corrected chi connectivity index (χ4v) is 12.8. The fraction of sp³-hybridized carbons (Fsp3) is 0.221. The van der Waals surface area contributed by atoms with Gasteiger partial charge in [0, 0.05) is 36.8 Å². The lowest BCUT2D eigenvalue weighted by Crippen LogP contribution is -2.03. The van der Waals surface area contributed by atoms with Gasteiger partial charge in [0.2, 0.25) is 17.2 Å². The number of nitrogens with zero attached hydrogens (tertiary/aromatic N) is 3. The number of phenols is 3. The SMILES string of the molecule is COc1cc(/C=C2/C(C)=C(CCC(=O)Cc3cncs3)c3cc(F)ccc32)cc(OC)c1O.COc1cc(/C=C2/C(C)=C(CCC(=O)Cc3cocn3)c3cc(F)ccc32)cc(OC)c1O.COc1cc(/C=C2/C(C)=C(CCC(=O)c3cocn3)c3cc(F)ccc32)cc(OC)c1O. The number of phenolic OH excluding ortho intramolecular Hbond substituents is 3. The van der Waals surface area contributed by atoms with E-state index in [1.165, 1.54) is 116 Å². The summed E-state index contributed by atoms with van der Waals surface area (Å²) in [6, 6.07) is 24.3. The Labute approximate surface area is 567 Å². The second-order valence-corrected chi connectivity index (χ2v) is 24.0. The molecule has 3 aromatic heterocycles. The number of ketones is 3. The van der Waals surface area contributed by atoms with Gasteiger partial charge in [-0.3, -0.25) is 19.4 Å². The first kappa shape index (κ1) is 69.6. The number of thiazole rings is 1. The van der Waals surface area contributed by atoms with Crippen molar-refractivity contribution in [3.05, 3.63) is 229 Å². The molecule has 0 saturated heterocycles. The Morgan fingerprint density at radius 1 is 0.469 bits per heavy atom. The minimum atomic E-state index is -0.342. The van der Waals surface area contributed by atoms with Gasteiger partial charge in [0.05, 0.1) is 60.3 Å². The first-order valence-electron chi connectivity index (χ1n) is 30.9. The number of rotatable bonds is 23. The second kappa shape index (κ2) is 31.1. The predicted molar refractivity (Wildman–Crippen MR) is 369 cm³/mol. The van der Waals surface area contributed by atoms with Gasteiger partial charge in [-0.1, -0.05) is 18.2 Å². The highest BCUT2D eigenvalue weighted by molar-refractivity contribution is 7.09. The number of methoxy groups -OCH3 is 6. The molecule has 0 unspecified atom stereocenters. The highest BCUT2D eigenvalue weighted by atomic mass is 32.1. The van der Waals surface area contributed by atoms with Crippen LogP contribution in [-0.4, -0.2) is 90.3 Å². The number of hydrogen-bond acceptors (Lipinski definition) is 18. The van der Waals surface area contributed by atoms with Crippen molar-refractivity contribution >= 4 is 80.4 Å². The van der Waals surface area contributed by atoms with Gasteiger partial charge >= 0.3 is 0 Å². The molecule has 0 amide bonds. The number of fused-ring (bicyclic) bond motifs is 3. The molecule has 3 aliphatic rings. The van der Waals surface area contributed by atoms with Crippen LogP contribution in [0.15, 0.2) is 154 Å². The van der Waals surface area contributed by atoms with E-state index in [-0.39, 0.29) is 82.1 Å². The number of oxazole rings is 2. The molecule has 0 radical (unpaired) electrons. The average molecular weight is 1350 g/mol. The Kier molecular flexibility index (Phi) is 22.1. The molecule has 3 N–H and O–H groups in total. The van der Waals surface area contributed by atoms with Gasteiger partial charge in [0.15, 0.2) is 53.1 Å². The van der Waals surface area contributed by atoms with Crippen LogP contribution in [0.1, 0.15) is 130 Å². The van der Waals surface area contributed by atoms with Crippen LogP contribution in [-0.2, 0) is 22.4 Å². The Hall–Kier alpha value is -11.2. The highest BCUT2D eigenvalue weighted by Crippen LogP contribution is 2.50. The maximum Gasteiger partial charge on any atom is 0.200 e. The average Bonchev–Trinajstić information content (AvgIpc) is 1.62. The Morgan fingerprint density at radius 3 is 1.15 bits per heavy atom. The van der Waals surface area contributed by atoms with Gasteiger partial charge in [-0.2, -0.15) is 0 Å². The van der Waals surface area contributed by atoms with Crippen LogP contribution >= 0.6 is 11.3 Å². The molecule has 0 saturated carbocycles. The van der Waals surface area contributed by atoms with E-state index in [9.17, 15) is 42.9 Å². The molecule has 0 bridgehead atoms. The molecule has 98 heavy (non-hydrogen) atoms. The van der Waals surface area contributed by atoms with Crippen molar-refractivity contribution in [1.29, 1.82) is 0 Å². The number of carbonyl (C=O) groups is 3. The van der Waals surface area contributed by atoms with E-state index >= 15 is 0 Å². The Balaban J connectivity index is 0.000000159. The lowest BCUT2D eigenvalue weighted by Gasteiger charge is -2.11. The van der Waals surface area contributed by atoms with Crippen LogP contribution in [0.3, 0.4) is 0 Å². The first-order valence-corrected chi connectivity index (χ1v) is 31.8.